The van der Waals surface area contributed by atoms with Crippen LogP contribution in [0.4, 0.5) is 5.82 Å². The highest BCUT2D eigenvalue weighted by molar-refractivity contribution is 9.10. The van der Waals surface area contributed by atoms with Gasteiger partial charge in [0.25, 0.3) is 0 Å². The molecule has 112 valence electrons. The molecular weight excluding hydrogens is 334 g/mol. The predicted octanol–water partition coefficient (Wildman–Crippen LogP) is 2.28. The highest BCUT2D eigenvalue weighted by Crippen LogP contribution is 2.17. The second-order valence-electron chi connectivity index (χ2n) is 4.79. The van der Waals surface area contributed by atoms with Crippen molar-refractivity contribution in [2.45, 2.75) is 33.7 Å². The van der Waals surface area contributed by atoms with Gasteiger partial charge in [0.15, 0.2) is 0 Å². The first-order valence-electron chi connectivity index (χ1n) is 6.81. The number of anilines is 1. The van der Waals surface area contributed by atoms with Crippen LogP contribution in [0.1, 0.15) is 30.4 Å². The van der Waals surface area contributed by atoms with E-state index in [1.165, 1.54) is 0 Å². The Hall–Kier alpha value is -1.76. The van der Waals surface area contributed by atoms with E-state index in [1.54, 1.807) is 23.9 Å². The second-order valence-corrected chi connectivity index (χ2v) is 5.58. The second kappa shape index (κ2) is 6.80. The van der Waals surface area contributed by atoms with Gasteiger partial charge < -0.3 is 5.32 Å². The molecule has 21 heavy (non-hydrogen) atoms. The lowest BCUT2D eigenvalue weighted by Gasteiger charge is -2.12. The molecule has 0 aliphatic rings. The third kappa shape index (κ3) is 3.66. The van der Waals surface area contributed by atoms with Gasteiger partial charge in [-0.05, 0) is 36.2 Å². The molecule has 2 heterocycles. The van der Waals surface area contributed by atoms with Gasteiger partial charge in [-0.1, -0.05) is 6.92 Å². The van der Waals surface area contributed by atoms with Crippen LogP contribution in [0.3, 0.4) is 0 Å². The fraction of sp³-hybridized carbons (Fsp3) is 0.429. The SMILES string of the molecule is CCCNc1cnc(Cn2c(C)c(Br)c(C)nc2=O)cn1. The minimum atomic E-state index is -0.275. The minimum Gasteiger partial charge on any atom is -0.369 e. The summed E-state index contributed by atoms with van der Waals surface area (Å²) in [5, 5.41) is 3.16. The largest absolute Gasteiger partial charge is 0.369 e. The maximum Gasteiger partial charge on any atom is 0.348 e. The molecule has 6 nitrogen and oxygen atoms in total. The number of aromatic nitrogens is 4. The summed E-state index contributed by atoms with van der Waals surface area (Å²) in [5.74, 6) is 0.743. The third-order valence-electron chi connectivity index (χ3n) is 3.12. The van der Waals surface area contributed by atoms with E-state index in [-0.39, 0.29) is 5.69 Å². The first kappa shape index (κ1) is 15.6. The minimum absolute atomic E-state index is 0.275. The number of aryl methyl sites for hydroxylation is 1. The summed E-state index contributed by atoms with van der Waals surface area (Å²) >= 11 is 3.45. The van der Waals surface area contributed by atoms with Crippen LogP contribution in [-0.4, -0.2) is 26.1 Å². The number of hydrogen-bond acceptors (Lipinski definition) is 5. The van der Waals surface area contributed by atoms with E-state index in [0.717, 1.165) is 34.6 Å². The molecule has 0 saturated carbocycles. The molecule has 0 atom stereocenters. The van der Waals surface area contributed by atoms with Gasteiger partial charge in [-0.25, -0.2) is 9.78 Å². The van der Waals surface area contributed by atoms with Crippen molar-refractivity contribution in [3.8, 4) is 0 Å². The number of halogens is 1. The summed E-state index contributed by atoms with van der Waals surface area (Å²) in [7, 11) is 0. The number of hydrogen-bond donors (Lipinski definition) is 1. The predicted molar refractivity (Wildman–Crippen MR) is 85.6 cm³/mol. The Labute approximate surface area is 131 Å². The molecule has 0 fully saturated rings. The Morgan fingerprint density at radius 3 is 2.67 bits per heavy atom. The van der Waals surface area contributed by atoms with Gasteiger partial charge >= 0.3 is 5.69 Å². The normalized spacial score (nSPS) is 10.7. The number of nitrogens with one attached hydrogen (secondary N) is 1. The zero-order valence-corrected chi connectivity index (χ0v) is 13.9. The Morgan fingerprint density at radius 1 is 1.29 bits per heavy atom. The lowest BCUT2D eigenvalue weighted by Crippen LogP contribution is -2.27. The fourth-order valence-electron chi connectivity index (χ4n) is 1.91. The van der Waals surface area contributed by atoms with E-state index in [4.69, 9.17) is 0 Å². The van der Waals surface area contributed by atoms with E-state index >= 15 is 0 Å². The Bertz CT molecular complexity index is 681. The fourth-order valence-corrected chi connectivity index (χ4v) is 2.21. The van der Waals surface area contributed by atoms with Crippen LogP contribution >= 0.6 is 15.9 Å². The molecule has 2 aromatic heterocycles. The lowest BCUT2D eigenvalue weighted by molar-refractivity contribution is 0.673. The topological polar surface area (TPSA) is 72.7 Å². The molecule has 0 aromatic carbocycles. The molecule has 2 rings (SSSR count). The summed E-state index contributed by atoms with van der Waals surface area (Å²) in [5.41, 5.74) is 1.98. The van der Waals surface area contributed by atoms with Crippen LogP contribution in [0.2, 0.25) is 0 Å². The van der Waals surface area contributed by atoms with E-state index < -0.39 is 0 Å². The number of nitrogens with zero attached hydrogens (tertiary/aromatic N) is 4. The molecule has 0 aliphatic heterocycles. The van der Waals surface area contributed by atoms with Crippen molar-refractivity contribution in [1.29, 1.82) is 0 Å². The van der Waals surface area contributed by atoms with Gasteiger partial charge in [0, 0.05) is 12.2 Å². The maximum absolute atomic E-state index is 12.0. The Balaban J connectivity index is 2.23. The average Bonchev–Trinajstić information content (AvgIpc) is 2.48. The smallest absolute Gasteiger partial charge is 0.348 e. The van der Waals surface area contributed by atoms with Crippen LogP contribution in [-0.2, 0) is 6.54 Å². The summed E-state index contributed by atoms with van der Waals surface area (Å²) in [6.07, 6.45) is 4.39. The first-order chi connectivity index (χ1) is 10.0. The van der Waals surface area contributed by atoms with Crippen LogP contribution in [0, 0.1) is 13.8 Å². The zero-order chi connectivity index (χ0) is 15.4. The van der Waals surface area contributed by atoms with Gasteiger partial charge in [-0.15, -0.1) is 0 Å². The summed E-state index contributed by atoms with van der Waals surface area (Å²) in [4.78, 5) is 24.6. The van der Waals surface area contributed by atoms with Crippen molar-refractivity contribution < 1.29 is 0 Å². The van der Waals surface area contributed by atoms with Crippen LogP contribution in [0.15, 0.2) is 21.7 Å². The van der Waals surface area contributed by atoms with Crippen LogP contribution < -0.4 is 11.0 Å². The van der Waals surface area contributed by atoms with Gasteiger partial charge in [-0.3, -0.25) is 9.55 Å². The Kier molecular flexibility index (Phi) is 5.06. The summed E-state index contributed by atoms with van der Waals surface area (Å²) in [6.45, 7) is 6.99. The molecule has 1 N–H and O–H groups in total. The maximum atomic E-state index is 12.0. The van der Waals surface area contributed by atoms with Gasteiger partial charge in [0.1, 0.15) is 5.82 Å². The standard InChI is InChI=1S/C14H18BrN5O/c1-4-5-16-12-7-17-11(6-18-12)8-20-10(3)13(15)9(2)19-14(20)21/h6-7H,4-5,8H2,1-3H3,(H,16,18). The summed E-state index contributed by atoms with van der Waals surface area (Å²) in [6, 6.07) is 0. The Morgan fingerprint density at radius 2 is 2.05 bits per heavy atom. The van der Waals surface area contributed by atoms with Gasteiger partial charge in [0.05, 0.1) is 34.8 Å². The quantitative estimate of drug-likeness (QED) is 0.894. The molecule has 0 spiro atoms. The average molecular weight is 352 g/mol. The molecule has 0 amide bonds. The van der Waals surface area contributed by atoms with Crippen molar-refractivity contribution in [1.82, 2.24) is 19.5 Å². The van der Waals surface area contributed by atoms with E-state index in [0.29, 0.717) is 12.2 Å². The molecular formula is C14H18BrN5O. The van der Waals surface area contributed by atoms with Crippen molar-refractivity contribution >= 4 is 21.7 Å². The van der Waals surface area contributed by atoms with E-state index in [2.05, 4.69) is 43.1 Å². The molecule has 0 radical (unpaired) electrons. The van der Waals surface area contributed by atoms with E-state index in [9.17, 15) is 4.79 Å². The van der Waals surface area contributed by atoms with Crippen molar-refractivity contribution in [3.63, 3.8) is 0 Å². The summed E-state index contributed by atoms with van der Waals surface area (Å²) < 4.78 is 2.43. The van der Waals surface area contributed by atoms with Crippen LogP contribution in [0.25, 0.3) is 0 Å². The molecule has 2 aromatic rings. The van der Waals surface area contributed by atoms with E-state index in [1.807, 2.05) is 6.92 Å². The lowest BCUT2D eigenvalue weighted by atomic mass is 10.3. The highest BCUT2D eigenvalue weighted by atomic mass is 79.9. The third-order valence-corrected chi connectivity index (χ3v) is 4.26. The van der Waals surface area contributed by atoms with Gasteiger partial charge in [0.2, 0.25) is 0 Å². The molecule has 0 aliphatic carbocycles. The van der Waals surface area contributed by atoms with Crippen molar-refractivity contribution in [2.75, 3.05) is 11.9 Å². The first-order valence-corrected chi connectivity index (χ1v) is 7.60. The van der Waals surface area contributed by atoms with Gasteiger partial charge in [-0.2, -0.15) is 4.98 Å². The molecule has 0 saturated heterocycles. The van der Waals surface area contributed by atoms with Crippen molar-refractivity contribution in [3.05, 3.63) is 44.4 Å². The van der Waals surface area contributed by atoms with Crippen molar-refractivity contribution in [2.24, 2.45) is 0 Å². The molecule has 0 unspecified atom stereocenters. The zero-order valence-electron chi connectivity index (χ0n) is 12.4. The highest BCUT2D eigenvalue weighted by Gasteiger charge is 2.10. The molecule has 0 bridgehead atoms. The number of rotatable bonds is 5. The van der Waals surface area contributed by atoms with Crippen LogP contribution in [0.5, 0.6) is 0 Å². The molecule has 7 heteroatoms. The monoisotopic (exact) mass is 351 g/mol.